The van der Waals surface area contributed by atoms with Crippen molar-refractivity contribution in [2.75, 3.05) is 24.6 Å². The summed E-state index contributed by atoms with van der Waals surface area (Å²) < 4.78 is 0. The van der Waals surface area contributed by atoms with Crippen molar-refractivity contribution in [3.63, 3.8) is 0 Å². The van der Waals surface area contributed by atoms with E-state index in [-0.39, 0.29) is 23.3 Å². The molecule has 2 amide bonds. The minimum Gasteiger partial charge on any atom is -0.480 e. The summed E-state index contributed by atoms with van der Waals surface area (Å²) in [7, 11) is 0. The van der Waals surface area contributed by atoms with Gasteiger partial charge in [-0.3, -0.25) is 9.59 Å². The highest BCUT2D eigenvalue weighted by Crippen LogP contribution is 2.21. The quantitative estimate of drug-likeness (QED) is 0.757. The lowest BCUT2D eigenvalue weighted by Crippen LogP contribution is -2.44. The van der Waals surface area contributed by atoms with Gasteiger partial charge in [-0.2, -0.15) is 0 Å². The number of rotatable bonds is 6. The number of nitrogens with one attached hydrogen (secondary N) is 1. The molecule has 6 nitrogen and oxygen atoms in total. The SMILES string of the molecule is CC(=O)N[C@@H](CSCC(=O)N1CC(C)CC(C)C1)C(=O)O. The number of piperidine rings is 1. The van der Waals surface area contributed by atoms with Crippen LogP contribution in [0.15, 0.2) is 0 Å². The van der Waals surface area contributed by atoms with Gasteiger partial charge in [-0.25, -0.2) is 4.79 Å². The lowest BCUT2D eigenvalue weighted by molar-refractivity contribution is -0.140. The van der Waals surface area contributed by atoms with Gasteiger partial charge >= 0.3 is 5.97 Å². The molecular weight excluding hydrogens is 292 g/mol. The Balaban J connectivity index is 2.38. The van der Waals surface area contributed by atoms with Gasteiger partial charge in [0.15, 0.2) is 0 Å². The molecule has 3 atom stereocenters. The van der Waals surface area contributed by atoms with Gasteiger partial charge in [-0.1, -0.05) is 13.8 Å². The Kier molecular flexibility index (Phi) is 7.01. The largest absolute Gasteiger partial charge is 0.480 e. The van der Waals surface area contributed by atoms with E-state index in [2.05, 4.69) is 19.2 Å². The van der Waals surface area contributed by atoms with Crippen molar-refractivity contribution < 1.29 is 19.5 Å². The topological polar surface area (TPSA) is 86.7 Å². The smallest absolute Gasteiger partial charge is 0.327 e. The zero-order chi connectivity index (χ0) is 16.0. The van der Waals surface area contributed by atoms with Crippen LogP contribution in [-0.2, 0) is 14.4 Å². The summed E-state index contributed by atoms with van der Waals surface area (Å²) in [6.45, 7) is 7.11. The van der Waals surface area contributed by atoms with E-state index in [1.165, 1.54) is 18.7 Å². The Hall–Kier alpha value is -1.24. The van der Waals surface area contributed by atoms with E-state index < -0.39 is 12.0 Å². The Labute approximate surface area is 129 Å². The Morgan fingerprint density at radius 3 is 2.33 bits per heavy atom. The van der Waals surface area contributed by atoms with Gasteiger partial charge in [0.05, 0.1) is 5.75 Å². The van der Waals surface area contributed by atoms with Gasteiger partial charge in [-0.05, 0) is 18.3 Å². The van der Waals surface area contributed by atoms with Gasteiger partial charge in [0, 0.05) is 25.8 Å². The molecule has 2 unspecified atom stereocenters. The third-order valence-corrected chi connectivity index (χ3v) is 4.43. The predicted molar refractivity (Wildman–Crippen MR) is 82.1 cm³/mol. The molecule has 0 aromatic carbocycles. The molecule has 0 bridgehead atoms. The van der Waals surface area contributed by atoms with Crippen LogP contribution in [0.3, 0.4) is 0 Å². The third kappa shape index (κ3) is 6.37. The Morgan fingerprint density at radius 2 is 1.86 bits per heavy atom. The van der Waals surface area contributed by atoms with E-state index in [0.29, 0.717) is 11.8 Å². The van der Waals surface area contributed by atoms with E-state index in [4.69, 9.17) is 5.11 Å². The molecule has 120 valence electrons. The number of carboxylic acids is 1. The number of hydrogen-bond donors (Lipinski definition) is 2. The molecule has 1 rings (SSSR count). The zero-order valence-corrected chi connectivity index (χ0v) is 13.6. The summed E-state index contributed by atoms with van der Waals surface area (Å²) >= 11 is 1.25. The molecule has 2 N–H and O–H groups in total. The second kappa shape index (κ2) is 8.26. The number of carbonyl (C=O) groups excluding carboxylic acids is 2. The van der Waals surface area contributed by atoms with Crippen molar-refractivity contribution in [3.05, 3.63) is 0 Å². The van der Waals surface area contributed by atoms with E-state index in [1.54, 1.807) is 0 Å². The number of carboxylic acid groups (broad SMARTS) is 1. The summed E-state index contributed by atoms with van der Waals surface area (Å²) in [4.78, 5) is 35.9. The third-order valence-electron chi connectivity index (χ3n) is 3.41. The molecule has 1 saturated heterocycles. The maximum Gasteiger partial charge on any atom is 0.327 e. The van der Waals surface area contributed by atoms with Crippen LogP contribution in [0, 0.1) is 11.8 Å². The molecule has 1 aliphatic rings. The number of aliphatic carboxylic acids is 1. The van der Waals surface area contributed by atoms with Crippen LogP contribution in [0.2, 0.25) is 0 Å². The number of carbonyl (C=O) groups is 3. The second-order valence-electron chi connectivity index (χ2n) is 5.85. The van der Waals surface area contributed by atoms with Gasteiger partial charge in [0.25, 0.3) is 0 Å². The minimum atomic E-state index is -1.08. The Bertz CT molecular complexity index is 392. The minimum absolute atomic E-state index is 0.0466. The highest BCUT2D eigenvalue weighted by Gasteiger charge is 2.26. The normalized spacial score (nSPS) is 23.5. The van der Waals surface area contributed by atoms with Gasteiger partial charge in [0.1, 0.15) is 6.04 Å². The molecule has 21 heavy (non-hydrogen) atoms. The summed E-state index contributed by atoms with van der Waals surface area (Å²) in [5, 5.41) is 11.3. The molecule has 0 spiro atoms. The molecule has 0 aliphatic carbocycles. The zero-order valence-electron chi connectivity index (χ0n) is 12.8. The van der Waals surface area contributed by atoms with Crippen LogP contribution < -0.4 is 5.32 Å². The molecule has 0 aromatic rings. The summed E-state index contributed by atoms with van der Waals surface area (Å²) in [5.74, 6) is 0.0500. The maximum absolute atomic E-state index is 12.1. The number of likely N-dealkylation sites (tertiary alicyclic amines) is 1. The van der Waals surface area contributed by atoms with Crippen LogP contribution in [0.1, 0.15) is 27.2 Å². The van der Waals surface area contributed by atoms with Crippen molar-refractivity contribution in [3.8, 4) is 0 Å². The molecule has 1 heterocycles. The van der Waals surface area contributed by atoms with Crippen LogP contribution in [0.5, 0.6) is 0 Å². The standard InChI is InChI=1S/C14H24N2O4S/c1-9-4-10(2)6-16(5-9)13(18)8-21-7-12(14(19)20)15-11(3)17/h9-10,12H,4-8H2,1-3H3,(H,15,17)(H,19,20)/t9?,10?,12-/m0/s1. The highest BCUT2D eigenvalue weighted by molar-refractivity contribution is 8.00. The number of amides is 2. The van der Waals surface area contributed by atoms with E-state index in [1.807, 2.05) is 4.90 Å². The van der Waals surface area contributed by atoms with Crippen molar-refractivity contribution in [1.82, 2.24) is 10.2 Å². The second-order valence-corrected chi connectivity index (χ2v) is 6.88. The van der Waals surface area contributed by atoms with Crippen molar-refractivity contribution >= 4 is 29.5 Å². The Morgan fingerprint density at radius 1 is 1.29 bits per heavy atom. The maximum atomic E-state index is 12.1. The van der Waals surface area contributed by atoms with E-state index in [0.717, 1.165) is 19.5 Å². The molecule has 1 aliphatic heterocycles. The number of thioether (sulfide) groups is 1. The molecule has 0 saturated carbocycles. The molecule has 1 fully saturated rings. The van der Waals surface area contributed by atoms with Gasteiger partial charge in [-0.15, -0.1) is 11.8 Å². The lowest BCUT2D eigenvalue weighted by Gasteiger charge is -2.35. The molecule has 0 radical (unpaired) electrons. The summed E-state index contributed by atoms with van der Waals surface area (Å²) in [5.41, 5.74) is 0. The summed E-state index contributed by atoms with van der Waals surface area (Å²) in [6, 6.07) is -0.945. The van der Waals surface area contributed by atoms with E-state index in [9.17, 15) is 14.4 Å². The first-order valence-corrected chi connectivity index (χ1v) is 8.30. The monoisotopic (exact) mass is 316 g/mol. The first-order chi connectivity index (χ1) is 9.79. The van der Waals surface area contributed by atoms with Crippen molar-refractivity contribution in [1.29, 1.82) is 0 Å². The fraction of sp³-hybridized carbons (Fsp3) is 0.786. The van der Waals surface area contributed by atoms with Crippen LogP contribution in [-0.4, -0.2) is 58.4 Å². The molecule has 0 aromatic heterocycles. The van der Waals surface area contributed by atoms with Gasteiger partial charge in [0.2, 0.25) is 11.8 Å². The first-order valence-electron chi connectivity index (χ1n) is 7.15. The summed E-state index contributed by atoms with van der Waals surface area (Å²) in [6.07, 6.45) is 1.14. The van der Waals surface area contributed by atoms with Crippen LogP contribution in [0.4, 0.5) is 0 Å². The number of hydrogen-bond acceptors (Lipinski definition) is 4. The van der Waals surface area contributed by atoms with E-state index >= 15 is 0 Å². The fourth-order valence-corrected chi connectivity index (χ4v) is 3.58. The van der Waals surface area contributed by atoms with Crippen molar-refractivity contribution in [2.45, 2.75) is 33.2 Å². The highest BCUT2D eigenvalue weighted by atomic mass is 32.2. The lowest BCUT2D eigenvalue weighted by atomic mass is 9.92. The predicted octanol–water partition coefficient (Wildman–Crippen LogP) is 0.813. The number of nitrogens with zero attached hydrogens (tertiary/aromatic N) is 1. The molecular formula is C14H24N2O4S. The fourth-order valence-electron chi connectivity index (χ4n) is 2.64. The average Bonchev–Trinajstić information content (AvgIpc) is 2.35. The molecule has 7 heteroatoms. The van der Waals surface area contributed by atoms with Crippen LogP contribution >= 0.6 is 11.8 Å². The van der Waals surface area contributed by atoms with Crippen molar-refractivity contribution in [2.24, 2.45) is 11.8 Å². The van der Waals surface area contributed by atoms with Crippen LogP contribution in [0.25, 0.3) is 0 Å². The van der Waals surface area contributed by atoms with Gasteiger partial charge < -0.3 is 15.3 Å². The first kappa shape index (κ1) is 17.8. The average molecular weight is 316 g/mol.